The van der Waals surface area contributed by atoms with Gasteiger partial charge >= 0.3 is 0 Å². The molecular formula is C25H32N4O4S. The zero-order valence-electron chi connectivity index (χ0n) is 20.0. The van der Waals surface area contributed by atoms with Crippen LogP contribution in [-0.2, 0) is 12.8 Å². The number of nitrogens with one attached hydrogen (secondary N) is 1. The normalized spacial score (nSPS) is 18.3. The lowest BCUT2D eigenvalue weighted by atomic mass is 9.72. The second kappa shape index (κ2) is 9.37. The highest BCUT2D eigenvalue weighted by atomic mass is 32.1. The van der Waals surface area contributed by atoms with Crippen molar-refractivity contribution >= 4 is 39.5 Å². The Morgan fingerprint density at radius 1 is 1.21 bits per heavy atom. The van der Waals surface area contributed by atoms with Crippen LogP contribution in [0, 0.1) is 21.4 Å². The summed E-state index contributed by atoms with van der Waals surface area (Å²) in [5, 5.41) is 15.0. The zero-order chi connectivity index (χ0) is 24.6. The molecule has 182 valence electrons. The summed E-state index contributed by atoms with van der Waals surface area (Å²) in [5.41, 5.74) is 7.80. The van der Waals surface area contributed by atoms with Crippen LogP contribution in [0.15, 0.2) is 18.2 Å². The van der Waals surface area contributed by atoms with Gasteiger partial charge in [0.15, 0.2) is 0 Å². The molecular weight excluding hydrogens is 452 g/mol. The Kier molecular flexibility index (Phi) is 6.66. The average Bonchev–Trinajstić information content (AvgIpc) is 3.15. The Balaban J connectivity index is 1.62. The molecule has 1 aromatic carbocycles. The van der Waals surface area contributed by atoms with Gasteiger partial charge in [0.25, 0.3) is 17.5 Å². The minimum absolute atomic E-state index is 0.0804. The maximum Gasteiger partial charge on any atom is 0.293 e. The highest BCUT2D eigenvalue weighted by Gasteiger charge is 2.34. The number of hydrogen-bond acceptors (Lipinski definition) is 6. The third-order valence-corrected chi connectivity index (χ3v) is 8.26. The van der Waals surface area contributed by atoms with Gasteiger partial charge in [-0.1, -0.05) is 20.8 Å². The molecule has 2 amide bonds. The van der Waals surface area contributed by atoms with Crippen molar-refractivity contribution in [2.24, 2.45) is 17.1 Å². The number of fused-ring (bicyclic) bond motifs is 1. The van der Waals surface area contributed by atoms with Crippen LogP contribution >= 0.6 is 11.3 Å². The van der Waals surface area contributed by atoms with Crippen LogP contribution in [0.2, 0.25) is 0 Å². The second-order valence-corrected chi connectivity index (χ2v) is 11.4. The van der Waals surface area contributed by atoms with Crippen LogP contribution in [0.25, 0.3) is 0 Å². The molecule has 2 heterocycles. The second-order valence-electron chi connectivity index (χ2n) is 10.3. The van der Waals surface area contributed by atoms with Gasteiger partial charge in [-0.05, 0) is 67.6 Å². The first-order valence-corrected chi connectivity index (χ1v) is 12.7. The number of benzene rings is 1. The lowest BCUT2D eigenvalue weighted by molar-refractivity contribution is -0.384. The van der Waals surface area contributed by atoms with E-state index >= 15 is 0 Å². The van der Waals surface area contributed by atoms with E-state index < -0.39 is 16.7 Å². The zero-order valence-corrected chi connectivity index (χ0v) is 20.8. The van der Waals surface area contributed by atoms with Crippen LogP contribution < -0.4 is 16.0 Å². The topological polar surface area (TPSA) is 119 Å². The van der Waals surface area contributed by atoms with Gasteiger partial charge in [-0.15, -0.1) is 11.3 Å². The minimum Gasteiger partial charge on any atom is -0.366 e. The van der Waals surface area contributed by atoms with Crippen molar-refractivity contribution in [3.8, 4) is 0 Å². The molecule has 1 aliphatic heterocycles. The Labute approximate surface area is 203 Å². The first kappa shape index (κ1) is 24.2. The van der Waals surface area contributed by atoms with Crippen molar-refractivity contribution in [3.63, 3.8) is 0 Å². The number of nitrogens with zero attached hydrogens (tertiary/aromatic N) is 2. The standard InChI is InChI=1S/C25H32N4O4S/c1-25(2,3)16-8-9-17-20(14-16)34-24(21(17)22(26)30)27-23(31)15-7-10-18(19(13-15)29(32)33)28-11-5-4-6-12-28/h7,10,13,16H,4-6,8-9,11-12,14H2,1-3H3,(H2,26,30)(H,27,31)/t16-/m1/s1. The summed E-state index contributed by atoms with van der Waals surface area (Å²) < 4.78 is 0. The van der Waals surface area contributed by atoms with Crippen molar-refractivity contribution in [1.29, 1.82) is 0 Å². The first-order chi connectivity index (χ1) is 16.1. The van der Waals surface area contributed by atoms with Gasteiger partial charge in [-0.3, -0.25) is 19.7 Å². The number of carbonyl (C=O) groups is 2. The summed E-state index contributed by atoms with van der Waals surface area (Å²) in [6, 6.07) is 4.59. The summed E-state index contributed by atoms with van der Waals surface area (Å²) in [6.45, 7) is 8.19. The number of rotatable bonds is 5. The fourth-order valence-electron chi connectivity index (χ4n) is 5.06. The summed E-state index contributed by atoms with van der Waals surface area (Å²) in [6.07, 6.45) is 5.66. The molecule has 8 nitrogen and oxygen atoms in total. The highest BCUT2D eigenvalue weighted by Crippen LogP contribution is 2.44. The first-order valence-electron chi connectivity index (χ1n) is 11.9. The fourth-order valence-corrected chi connectivity index (χ4v) is 6.39. The molecule has 1 aromatic heterocycles. The third-order valence-electron chi connectivity index (χ3n) is 7.09. The average molecular weight is 485 g/mol. The molecule has 1 fully saturated rings. The molecule has 34 heavy (non-hydrogen) atoms. The summed E-state index contributed by atoms with van der Waals surface area (Å²) in [7, 11) is 0. The van der Waals surface area contributed by atoms with Crippen molar-refractivity contribution in [1.82, 2.24) is 0 Å². The van der Waals surface area contributed by atoms with Gasteiger partial charge in [-0.2, -0.15) is 0 Å². The predicted octanol–water partition coefficient (Wildman–Crippen LogP) is 5.15. The maximum atomic E-state index is 13.1. The number of anilines is 2. The summed E-state index contributed by atoms with van der Waals surface area (Å²) >= 11 is 1.39. The minimum atomic E-state index is -0.562. The van der Waals surface area contributed by atoms with Crippen LogP contribution in [-0.4, -0.2) is 29.8 Å². The number of nitrogens with two attached hydrogens (primary N) is 1. The van der Waals surface area contributed by atoms with E-state index in [0.717, 1.165) is 62.1 Å². The molecule has 4 rings (SSSR count). The number of thiophene rings is 1. The van der Waals surface area contributed by atoms with Crippen LogP contribution in [0.1, 0.15) is 77.6 Å². The number of nitro benzene ring substituents is 1. The quantitative estimate of drug-likeness (QED) is 0.449. The van der Waals surface area contributed by atoms with Crippen LogP contribution in [0.5, 0.6) is 0 Å². The monoisotopic (exact) mass is 484 g/mol. The Morgan fingerprint density at radius 2 is 1.91 bits per heavy atom. The Hall–Kier alpha value is -2.94. The van der Waals surface area contributed by atoms with E-state index in [-0.39, 0.29) is 16.7 Å². The molecule has 0 radical (unpaired) electrons. The number of piperidine rings is 1. The molecule has 0 spiro atoms. The van der Waals surface area contributed by atoms with Gasteiger partial charge in [0.05, 0.1) is 10.5 Å². The third kappa shape index (κ3) is 4.80. The number of hydrogen-bond donors (Lipinski definition) is 2. The predicted molar refractivity (Wildman–Crippen MR) is 135 cm³/mol. The van der Waals surface area contributed by atoms with E-state index in [9.17, 15) is 19.7 Å². The van der Waals surface area contributed by atoms with E-state index in [1.54, 1.807) is 12.1 Å². The van der Waals surface area contributed by atoms with E-state index in [1.165, 1.54) is 17.4 Å². The van der Waals surface area contributed by atoms with E-state index in [4.69, 9.17) is 5.73 Å². The molecule has 1 saturated heterocycles. The van der Waals surface area contributed by atoms with E-state index in [2.05, 4.69) is 26.1 Å². The van der Waals surface area contributed by atoms with Crippen molar-refractivity contribution in [2.75, 3.05) is 23.3 Å². The van der Waals surface area contributed by atoms with Gasteiger partial charge in [-0.25, -0.2) is 0 Å². The van der Waals surface area contributed by atoms with Gasteiger partial charge in [0.1, 0.15) is 10.7 Å². The molecule has 0 saturated carbocycles. The van der Waals surface area contributed by atoms with Crippen molar-refractivity contribution in [2.45, 2.75) is 59.3 Å². The molecule has 1 atom stereocenters. The van der Waals surface area contributed by atoms with Gasteiger partial charge in [0.2, 0.25) is 0 Å². The number of nitro groups is 1. The molecule has 3 N–H and O–H groups in total. The van der Waals surface area contributed by atoms with Crippen molar-refractivity contribution < 1.29 is 14.5 Å². The Morgan fingerprint density at radius 3 is 2.53 bits per heavy atom. The number of amides is 2. The van der Waals surface area contributed by atoms with E-state index in [1.807, 2.05) is 4.90 Å². The maximum absolute atomic E-state index is 13.1. The summed E-state index contributed by atoms with van der Waals surface area (Å²) in [5.74, 6) is -0.567. The molecule has 9 heteroatoms. The summed E-state index contributed by atoms with van der Waals surface area (Å²) in [4.78, 5) is 39.8. The fraction of sp³-hybridized carbons (Fsp3) is 0.520. The van der Waals surface area contributed by atoms with Gasteiger partial charge in [0, 0.05) is 29.6 Å². The number of primary amides is 1. The number of carbonyl (C=O) groups excluding carboxylic acids is 2. The SMILES string of the molecule is CC(C)(C)[C@@H]1CCc2c(sc(NC(=O)c3ccc(N4CCCCC4)c([N+](=O)[O-])c3)c2C(N)=O)C1. The van der Waals surface area contributed by atoms with Crippen molar-refractivity contribution in [3.05, 3.63) is 49.9 Å². The lowest BCUT2D eigenvalue weighted by Crippen LogP contribution is -2.30. The van der Waals surface area contributed by atoms with Gasteiger partial charge < -0.3 is 16.0 Å². The molecule has 0 unspecified atom stereocenters. The Bertz CT molecular complexity index is 1130. The molecule has 0 bridgehead atoms. The molecule has 2 aromatic rings. The lowest BCUT2D eigenvalue weighted by Gasteiger charge is -2.33. The van der Waals surface area contributed by atoms with Crippen LogP contribution in [0.4, 0.5) is 16.4 Å². The molecule has 2 aliphatic rings. The largest absolute Gasteiger partial charge is 0.366 e. The smallest absolute Gasteiger partial charge is 0.293 e. The van der Waals surface area contributed by atoms with E-state index in [0.29, 0.717) is 22.2 Å². The van der Waals surface area contributed by atoms with Crippen LogP contribution in [0.3, 0.4) is 0 Å². The highest BCUT2D eigenvalue weighted by molar-refractivity contribution is 7.17. The molecule has 1 aliphatic carbocycles.